The van der Waals surface area contributed by atoms with E-state index in [-0.39, 0.29) is 5.78 Å². The fourth-order valence-electron chi connectivity index (χ4n) is 2.86. The minimum atomic E-state index is 0.0599. The Morgan fingerprint density at radius 3 is 2.43 bits per heavy atom. The normalized spacial score (nSPS) is 10.9. The lowest BCUT2D eigenvalue weighted by atomic mass is 10.1. The van der Waals surface area contributed by atoms with Crippen molar-refractivity contribution in [3.8, 4) is 6.07 Å². The molecule has 1 heterocycles. The van der Waals surface area contributed by atoms with Gasteiger partial charge >= 0.3 is 0 Å². The van der Waals surface area contributed by atoms with Crippen LogP contribution in [-0.4, -0.2) is 10.4 Å². The van der Waals surface area contributed by atoms with Crippen LogP contribution in [0.4, 0.5) is 0 Å². The van der Waals surface area contributed by atoms with E-state index in [9.17, 15) is 4.79 Å². The number of rotatable bonds is 3. The van der Waals surface area contributed by atoms with Gasteiger partial charge in [0.15, 0.2) is 5.78 Å². The van der Waals surface area contributed by atoms with Crippen LogP contribution in [0.2, 0.25) is 0 Å². The molecule has 3 nitrogen and oxygen atoms in total. The van der Waals surface area contributed by atoms with Crippen LogP contribution in [0.5, 0.6) is 0 Å². The molecule has 2 aromatic carbocycles. The van der Waals surface area contributed by atoms with Gasteiger partial charge in [-0.2, -0.15) is 5.26 Å². The zero-order chi connectivity index (χ0) is 15.0. The van der Waals surface area contributed by atoms with Gasteiger partial charge in [0.2, 0.25) is 0 Å². The van der Waals surface area contributed by atoms with Crippen LogP contribution < -0.4 is 0 Å². The summed E-state index contributed by atoms with van der Waals surface area (Å²) in [6, 6.07) is 13.8. The monoisotopic (exact) mass is 276 g/mol. The van der Waals surface area contributed by atoms with Crippen molar-refractivity contribution in [3.05, 3.63) is 47.5 Å². The highest BCUT2D eigenvalue weighted by Crippen LogP contribution is 2.31. The quantitative estimate of drug-likeness (QED) is 0.670. The van der Waals surface area contributed by atoms with Gasteiger partial charge in [-0.25, -0.2) is 0 Å². The molecule has 0 atom stereocenters. The van der Waals surface area contributed by atoms with Crippen molar-refractivity contribution in [2.24, 2.45) is 0 Å². The second kappa shape index (κ2) is 5.06. The zero-order valence-electron chi connectivity index (χ0n) is 12.2. The van der Waals surface area contributed by atoms with Crippen molar-refractivity contribution in [1.29, 1.82) is 5.26 Å². The van der Waals surface area contributed by atoms with Crippen molar-refractivity contribution in [2.75, 3.05) is 0 Å². The molecule has 0 aliphatic heterocycles. The lowest BCUT2D eigenvalue weighted by molar-refractivity contribution is 0.101. The number of aromatic nitrogens is 1. The number of hydrogen-bond donors (Lipinski definition) is 0. The molecule has 0 unspecified atom stereocenters. The summed E-state index contributed by atoms with van der Waals surface area (Å²) in [7, 11) is 0. The summed E-state index contributed by atoms with van der Waals surface area (Å²) in [6.07, 6.45) is 1.04. The Kier molecular flexibility index (Phi) is 3.23. The molecule has 21 heavy (non-hydrogen) atoms. The Labute approximate surface area is 123 Å². The number of ketones is 1. The summed E-state index contributed by atoms with van der Waals surface area (Å²) in [4.78, 5) is 11.6. The highest BCUT2D eigenvalue weighted by molar-refractivity contribution is 6.11. The third-order valence-corrected chi connectivity index (χ3v) is 3.85. The molecule has 3 rings (SSSR count). The van der Waals surface area contributed by atoms with Crippen molar-refractivity contribution < 1.29 is 4.79 Å². The van der Waals surface area contributed by atoms with Crippen LogP contribution in [0.25, 0.3) is 21.8 Å². The average Bonchev–Trinajstić information content (AvgIpc) is 2.80. The summed E-state index contributed by atoms with van der Waals surface area (Å²) >= 11 is 0. The summed E-state index contributed by atoms with van der Waals surface area (Å²) in [6.45, 7) is 4.64. The van der Waals surface area contributed by atoms with E-state index >= 15 is 0 Å². The first-order chi connectivity index (χ1) is 10.2. The zero-order valence-corrected chi connectivity index (χ0v) is 12.2. The topological polar surface area (TPSA) is 45.8 Å². The minimum absolute atomic E-state index is 0.0599. The number of carbonyl (C=O) groups excluding carboxylic acids is 1. The minimum Gasteiger partial charge on any atom is -0.340 e. The Balaban J connectivity index is 2.43. The van der Waals surface area contributed by atoms with Crippen LogP contribution >= 0.6 is 0 Å². The second-order valence-electron chi connectivity index (χ2n) is 5.28. The molecule has 0 aliphatic carbocycles. The van der Waals surface area contributed by atoms with Crippen molar-refractivity contribution in [1.82, 2.24) is 4.57 Å². The van der Waals surface area contributed by atoms with Crippen molar-refractivity contribution in [2.45, 2.75) is 26.8 Å². The highest BCUT2D eigenvalue weighted by Gasteiger charge is 2.12. The molecule has 3 heteroatoms. The number of fused-ring (bicyclic) bond motifs is 3. The van der Waals surface area contributed by atoms with E-state index in [1.165, 1.54) is 0 Å². The van der Waals surface area contributed by atoms with E-state index in [4.69, 9.17) is 5.26 Å². The van der Waals surface area contributed by atoms with Crippen LogP contribution in [0.3, 0.4) is 0 Å². The number of Topliss-reactive ketones (excluding diaryl/α,β-unsaturated/α-hetero) is 1. The number of nitriles is 1. The van der Waals surface area contributed by atoms with Gasteiger partial charge in [0.1, 0.15) is 0 Å². The smallest absolute Gasteiger partial charge is 0.159 e. The number of nitrogens with zero attached hydrogens (tertiary/aromatic N) is 2. The Morgan fingerprint density at radius 2 is 1.81 bits per heavy atom. The first-order valence-corrected chi connectivity index (χ1v) is 7.12. The Hall–Kier alpha value is -2.60. The molecule has 104 valence electrons. The molecule has 1 aromatic heterocycles. The lowest BCUT2D eigenvalue weighted by Crippen LogP contribution is -1.96. The maximum absolute atomic E-state index is 11.6. The standard InChI is InChI=1S/C18H16N2O/c1-3-8-20-17-6-4-13(11-19)9-15(17)16-10-14(12(2)21)5-7-18(16)20/h4-7,9-10H,3,8H2,1-2H3. The summed E-state index contributed by atoms with van der Waals surface area (Å²) in [5.74, 6) is 0.0599. The number of carbonyl (C=O) groups is 1. The van der Waals surface area contributed by atoms with Crippen molar-refractivity contribution >= 4 is 27.6 Å². The predicted molar refractivity (Wildman–Crippen MR) is 84.5 cm³/mol. The van der Waals surface area contributed by atoms with E-state index in [0.29, 0.717) is 11.1 Å². The molecule has 0 saturated carbocycles. The molecular weight excluding hydrogens is 260 g/mol. The van der Waals surface area contributed by atoms with E-state index in [0.717, 1.165) is 34.8 Å². The maximum atomic E-state index is 11.6. The predicted octanol–water partition coefficient (Wildman–Crippen LogP) is 4.28. The van der Waals surface area contributed by atoms with Crippen LogP contribution in [0.15, 0.2) is 36.4 Å². The summed E-state index contributed by atoms with van der Waals surface area (Å²) in [5, 5.41) is 11.2. The van der Waals surface area contributed by atoms with Gasteiger partial charge in [0.25, 0.3) is 0 Å². The largest absolute Gasteiger partial charge is 0.340 e. The van der Waals surface area contributed by atoms with Gasteiger partial charge in [-0.15, -0.1) is 0 Å². The molecule has 0 spiro atoms. The Morgan fingerprint density at radius 1 is 1.14 bits per heavy atom. The van der Waals surface area contributed by atoms with E-state index in [1.807, 2.05) is 36.4 Å². The Bertz CT molecular complexity index is 897. The third-order valence-electron chi connectivity index (χ3n) is 3.85. The molecule has 3 aromatic rings. The number of aryl methyl sites for hydroxylation is 1. The van der Waals surface area contributed by atoms with Crippen LogP contribution in [0, 0.1) is 11.3 Å². The van der Waals surface area contributed by atoms with Gasteiger partial charge < -0.3 is 4.57 Å². The molecule has 0 fully saturated rings. The summed E-state index contributed by atoms with van der Waals surface area (Å²) < 4.78 is 2.26. The van der Waals surface area contributed by atoms with Gasteiger partial charge in [0, 0.05) is 33.9 Å². The van der Waals surface area contributed by atoms with E-state index in [2.05, 4.69) is 17.6 Å². The molecule has 0 amide bonds. The van der Waals surface area contributed by atoms with Crippen LogP contribution in [0.1, 0.15) is 36.2 Å². The van der Waals surface area contributed by atoms with Crippen LogP contribution in [-0.2, 0) is 6.54 Å². The molecule has 0 radical (unpaired) electrons. The number of hydrogen-bond acceptors (Lipinski definition) is 2. The highest BCUT2D eigenvalue weighted by atomic mass is 16.1. The first kappa shape index (κ1) is 13.4. The molecule has 0 bridgehead atoms. The maximum Gasteiger partial charge on any atom is 0.159 e. The van der Waals surface area contributed by atoms with Crippen molar-refractivity contribution in [3.63, 3.8) is 0 Å². The van der Waals surface area contributed by atoms with Gasteiger partial charge in [-0.3, -0.25) is 4.79 Å². The van der Waals surface area contributed by atoms with E-state index in [1.54, 1.807) is 6.92 Å². The lowest BCUT2D eigenvalue weighted by Gasteiger charge is -2.05. The molecule has 0 saturated heterocycles. The van der Waals surface area contributed by atoms with Gasteiger partial charge in [0.05, 0.1) is 11.6 Å². The second-order valence-corrected chi connectivity index (χ2v) is 5.28. The third kappa shape index (κ3) is 2.09. The molecular formula is C18H16N2O. The SMILES string of the molecule is CCCn1c2ccc(C#N)cc2c2cc(C(C)=O)ccc21. The summed E-state index contributed by atoms with van der Waals surface area (Å²) in [5.41, 5.74) is 3.59. The van der Waals surface area contributed by atoms with E-state index < -0.39 is 0 Å². The average molecular weight is 276 g/mol. The van der Waals surface area contributed by atoms with Gasteiger partial charge in [-0.05, 0) is 49.7 Å². The first-order valence-electron chi connectivity index (χ1n) is 7.12. The van der Waals surface area contributed by atoms with Gasteiger partial charge in [-0.1, -0.05) is 6.92 Å². The molecule has 0 N–H and O–H groups in total. The fourth-order valence-corrected chi connectivity index (χ4v) is 2.86. The number of benzene rings is 2. The molecule has 0 aliphatic rings. The fraction of sp³-hybridized carbons (Fsp3) is 0.222.